The minimum atomic E-state index is -0.0467. The summed E-state index contributed by atoms with van der Waals surface area (Å²) in [5.41, 5.74) is 1.17. The predicted molar refractivity (Wildman–Crippen MR) is 81.1 cm³/mol. The molecule has 0 aliphatic carbocycles. The first kappa shape index (κ1) is 14.4. The highest BCUT2D eigenvalue weighted by Crippen LogP contribution is 2.29. The van der Waals surface area contributed by atoms with Crippen LogP contribution in [0.4, 0.5) is 0 Å². The molecule has 1 aliphatic rings. The zero-order valence-electron chi connectivity index (χ0n) is 11.8. The Bertz CT molecular complexity index is 423. The molecule has 1 N–H and O–H groups in total. The maximum absolute atomic E-state index is 12.5. The highest BCUT2D eigenvalue weighted by atomic mass is 32.2. The molecule has 104 valence electrons. The van der Waals surface area contributed by atoms with Crippen LogP contribution in [0, 0.1) is 0 Å². The third-order valence-electron chi connectivity index (χ3n) is 3.60. The summed E-state index contributed by atoms with van der Waals surface area (Å²) in [4.78, 5) is 14.5. The van der Waals surface area contributed by atoms with Gasteiger partial charge in [-0.3, -0.25) is 10.1 Å². The highest BCUT2D eigenvalue weighted by Gasteiger charge is 2.40. The molecule has 1 aromatic rings. The normalized spacial score (nSPS) is 24.8. The molecule has 3 unspecified atom stereocenters. The van der Waals surface area contributed by atoms with Gasteiger partial charge in [0.05, 0.1) is 6.04 Å². The molecule has 0 spiro atoms. The highest BCUT2D eigenvalue weighted by molar-refractivity contribution is 7.98. The smallest absolute Gasteiger partial charge is 0.241 e. The van der Waals surface area contributed by atoms with Crippen molar-refractivity contribution in [2.75, 3.05) is 12.0 Å². The Labute approximate surface area is 119 Å². The van der Waals surface area contributed by atoms with Crippen molar-refractivity contribution in [3.63, 3.8) is 0 Å². The van der Waals surface area contributed by atoms with Crippen LogP contribution in [0.3, 0.4) is 0 Å². The van der Waals surface area contributed by atoms with E-state index < -0.39 is 0 Å². The number of nitrogens with one attached hydrogen (secondary N) is 1. The summed E-state index contributed by atoms with van der Waals surface area (Å²) in [7, 11) is 0. The van der Waals surface area contributed by atoms with Crippen molar-refractivity contribution in [3.05, 3.63) is 35.9 Å². The van der Waals surface area contributed by atoms with Crippen LogP contribution in [0.1, 0.15) is 32.0 Å². The number of nitrogens with zero attached hydrogens (tertiary/aromatic N) is 1. The van der Waals surface area contributed by atoms with Gasteiger partial charge in [0, 0.05) is 11.8 Å². The number of benzene rings is 1. The van der Waals surface area contributed by atoms with E-state index in [1.807, 2.05) is 23.1 Å². The van der Waals surface area contributed by atoms with Crippen molar-refractivity contribution in [3.8, 4) is 0 Å². The summed E-state index contributed by atoms with van der Waals surface area (Å²) < 4.78 is 0. The van der Waals surface area contributed by atoms with Gasteiger partial charge in [0.1, 0.15) is 6.17 Å². The van der Waals surface area contributed by atoms with E-state index in [9.17, 15) is 4.79 Å². The van der Waals surface area contributed by atoms with Gasteiger partial charge in [0.15, 0.2) is 0 Å². The molecule has 0 bridgehead atoms. The zero-order valence-corrected chi connectivity index (χ0v) is 12.6. The van der Waals surface area contributed by atoms with Crippen molar-refractivity contribution in [2.24, 2.45) is 0 Å². The van der Waals surface area contributed by atoms with E-state index in [1.165, 1.54) is 5.56 Å². The molecule has 0 radical (unpaired) electrons. The average molecular weight is 278 g/mol. The van der Waals surface area contributed by atoms with E-state index >= 15 is 0 Å². The summed E-state index contributed by atoms with van der Waals surface area (Å²) in [5.74, 6) is 1.20. The number of thioether (sulfide) groups is 1. The molecule has 4 heteroatoms. The number of carbonyl (C=O) groups excluding carboxylic acids is 1. The lowest BCUT2D eigenvalue weighted by molar-refractivity contribution is -0.131. The Kier molecular flexibility index (Phi) is 4.88. The van der Waals surface area contributed by atoms with E-state index in [-0.39, 0.29) is 24.2 Å². The maximum atomic E-state index is 12.5. The van der Waals surface area contributed by atoms with Gasteiger partial charge in [-0.15, -0.1) is 0 Å². The van der Waals surface area contributed by atoms with Crippen LogP contribution < -0.4 is 5.32 Å². The van der Waals surface area contributed by atoms with Crippen molar-refractivity contribution in [1.29, 1.82) is 0 Å². The van der Waals surface area contributed by atoms with E-state index in [0.717, 1.165) is 12.2 Å². The third-order valence-corrected chi connectivity index (χ3v) is 4.41. The number of amides is 1. The van der Waals surface area contributed by atoms with Gasteiger partial charge in [0.2, 0.25) is 5.91 Å². The summed E-state index contributed by atoms with van der Waals surface area (Å²) in [6.07, 6.45) is 2.94. The monoisotopic (exact) mass is 278 g/mol. The standard InChI is InChI=1S/C15H22N2OS/c1-4-13-15(18)17(11(2)10-19-3)14(16-13)12-8-6-5-7-9-12/h5-9,11,13-14,16H,4,10H2,1-3H3. The minimum absolute atomic E-state index is 0.0146. The van der Waals surface area contributed by atoms with Gasteiger partial charge in [-0.05, 0) is 25.2 Å². The molecular formula is C15H22N2OS. The second-order valence-electron chi connectivity index (χ2n) is 4.99. The fourth-order valence-corrected chi connectivity index (χ4v) is 3.27. The molecule has 0 aromatic heterocycles. The Morgan fingerprint density at radius 1 is 1.37 bits per heavy atom. The first-order valence-electron chi connectivity index (χ1n) is 6.81. The molecule has 2 rings (SSSR count). The van der Waals surface area contributed by atoms with Crippen LogP contribution >= 0.6 is 11.8 Å². The lowest BCUT2D eigenvalue weighted by Crippen LogP contribution is -2.39. The molecule has 1 aliphatic heterocycles. The van der Waals surface area contributed by atoms with Crippen LogP contribution in [0.5, 0.6) is 0 Å². The Morgan fingerprint density at radius 2 is 2.05 bits per heavy atom. The van der Waals surface area contributed by atoms with Gasteiger partial charge in [0.25, 0.3) is 0 Å². The first-order valence-corrected chi connectivity index (χ1v) is 8.20. The Balaban J connectivity index is 2.26. The largest absolute Gasteiger partial charge is 0.318 e. The molecule has 19 heavy (non-hydrogen) atoms. The second-order valence-corrected chi connectivity index (χ2v) is 5.90. The number of rotatable bonds is 5. The van der Waals surface area contributed by atoms with Crippen LogP contribution in [0.25, 0.3) is 0 Å². The molecule has 1 fully saturated rings. The topological polar surface area (TPSA) is 32.3 Å². The quantitative estimate of drug-likeness (QED) is 0.898. The SMILES string of the molecule is CCC1NC(c2ccccc2)N(C(C)CSC)C1=O. The van der Waals surface area contributed by atoms with Crippen LogP contribution in [-0.2, 0) is 4.79 Å². The molecule has 3 nitrogen and oxygen atoms in total. The summed E-state index contributed by atoms with van der Waals surface area (Å²) in [6.45, 7) is 4.18. The van der Waals surface area contributed by atoms with Crippen LogP contribution in [0.15, 0.2) is 30.3 Å². The van der Waals surface area contributed by atoms with Gasteiger partial charge < -0.3 is 4.90 Å². The Morgan fingerprint density at radius 3 is 2.63 bits per heavy atom. The van der Waals surface area contributed by atoms with Crippen LogP contribution in [0.2, 0.25) is 0 Å². The van der Waals surface area contributed by atoms with E-state index in [1.54, 1.807) is 11.8 Å². The Hall–Kier alpha value is -1.00. The van der Waals surface area contributed by atoms with Crippen molar-refractivity contribution >= 4 is 17.7 Å². The second kappa shape index (κ2) is 6.44. The van der Waals surface area contributed by atoms with Gasteiger partial charge >= 0.3 is 0 Å². The average Bonchev–Trinajstić information content (AvgIpc) is 2.77. The molecule has 0 saturated carbocycles. The lowest BCUT2D eigenvalue weighted by Gasteiger charge is -2.30. The fourth-order valence-electron chi connectivity index (χ4n) is 2.63. The third kappa shape index (κ3) is 2.95. The van der Waals surface area contributed by atoms with Crippen LogP contribution in [-0.4, -0.2) is 34.9 Å². The number of hydrogen-bond acceptors (Lipinski definition) is 3. The summed E-state index contributed by atoms with van der Waals surface area (Å²) in [5, 5.41) is 3.46. The van der Waals surface area contributed by atoms with E-state index in [2.05, 4.69) is 37.6 Å². The minimum Gasteiger partial charge on any atom is -0.318 e. The summed E-state index contributed by atoms with van der Waals surface area (Å²) in [6, 6.07) is 10.4. The fraction of sp³-hybridized carbons (Fsp3) is 0.533. The van der Waals surface area contributed by atoms with Crippen molar-refractivity contribution < 1.29 is 4.79 Å². The van der Waals surface area contributed by atoms with Crippen molar-refractivity contribution in [2.45, 2.75) is 38.5 Å². The molecule has 3 atom stereocenters. The van der Waals surface area contributed by atoms with Gasteiger partial charge in [-0.1, -0.05) is 37.3 Å². The van der Waals surface area contributed by atoms with Gasteiger partial charge in [-0.2, -0.15) is 11.8 Å². The summed E-state index contributed by atoms with van der Waals surface area (Å²) >= 11 is 1.78. The molecule has 1 saturated heterocycles. The molecule has 1 amide bonds. The van der Waals surface area contributed by atoms with E-state index in [4.69, 9.17) is 0 Å². The number of carbonyl (C=O) groups is 1. The lowest BCUT2D eigenvalue weighted by atomic mass is 10.1. The van der Waals surface area contributed by atoms with Gasteiger partial charge in [-0.25, -0.2) is 0 Å². The van der Waals surface area contributed by atoms with E-state index in [0.29, 0.717) is 0 Å². The number of hydrogen-bond donors (Lipinski definition) is 1. The maximum Gasteiger partial charge on any atom is 0.241 e. The van der Waals surface area contributed by atoms with Crippen molar-refractivity contribution in [1.82, 2.24) is 10.2 Å². The molecule has 1 aromatic carbocycles. The molecule has 1 heterocycles. The predicted octanol–water partition coefficient (Wildman–Crippen LogP) is 2.65. The first-order chi connectivity index (χ1) is 9.19. The molecular weight excluding hydrogens is 256 g/mol. The zero-order chi connectivity index (χ0) is 13.8.